The van der Waals surface area contributed by atoms with Crippen LogP contribution in [0.25, 0.3) is 65.4 Å². The van der Waals surface area contributed by atoms with Crippen LogP contribution in [-0.2, 0) is 0 Å². The minimum Gasteiger partial charge on any atom is -0.456 e. The lowest BCUT2D eigenvalue weighted by Gasteiger charge is -2.34. The smallest absolute Gasteiger partial charge is 0.161 e. The van der Waals surface area contributed by atoms with E-state index >= 15 is 0 Å². The highest BCUT2D eigenvalue weighted by molar-refractivity contribution is 6.22. The quantitative estimate of drug-likeness (QED) is 0.146. The third-order valence-corrected chi connectivity index (χ3v) is 10.9. The number of furan rings is 1. The summed E-state index contributed by atoms with van der Waals surface area (Å²) in [6.07, 6.45) is 1.88. The van der Waals surface area contributed by atoms with E-state index in [1.54, 1.807) is 0 Å². The van der Waals surface area contributed by atoms with E-state index in [0.29, 0.717) is 11.4 Å². The van der Waals surface area contributed by atoms with Gasteiger partial charge in [0.2, 0.25) is 0 Å². The summed E-state index contributed by atoms with van der Waals surface area (Å²) in [7, 11) is 0. The standard InChI is InChI=1S/C51H32N4O/c52-50(41-23-12-26-47-49(41)40-21-8-9-25-46(40)56-47)54-51(33-13-2-1-3-14-33)53-31-36-27-28-43(38-20-7-6-19-37(36)38)55-44-24-11-18-32-17-10-22-39(48(32)44)42-29-34-15-4-5-16-35(34)30-45(42)55/h1-31,52H/b52-50?,53-31+,54-51-. The number of hydrogen-bond acceptors (Lipinski definition) is 3. The van der Waals surface area contributed by atoms with Gasteiger partial charge in [0.1, 0.15) is 11.2 Å². The predicted octanol–water partition coefficient (Wildman–Crippen LogP) is 13.4. The molecule has 5 nitrogen and oxygen atoms in total. The molecule has 10 aromatic rings. The number of anilines is 3. The van der Waals surface area contributed by atoms with Crippen molar-refractivity contribution >= 4 is 89.2 Å². The first kappa shape index (κ1) is 31.9. The number of rotatable bonds is 4. The van der Waals surface area contributed by atoms with Crippen LogP contribution in [0.4, 0.5) is 17.1 Å². The Morgan fingerprint density at radius 3 is 2.04 bits per heavy atom. The Balaban J connectivity index is 1.06. The van der Waals surface area contributed by atoms with Crippen molar-refractivity contribution in [1.29, 1.82) is 5.41 Å². The zero-order valence-corrected chi connectivity index (χ0v) is 30.1. The normalized spacial score (nSPS) is 12.7. The minimum atomic E-state index is 0.115. The van der Waals surface area contributed by atoms with Gasteiger partial charge in [0.15, 0.2) is 11.7 Å². The molecule has 0 saturated carbocycles. The molecule has 0 fully saturated rings. The maximum atomic E-state index is 9.26. The molecule has 1 N–H and O–H groups in total. The lowest BCUT2D eigenvalue weighted by atomic mass is 9.88. The average molecular weight is 717 g/mol. The third-order valence-electron chi connectivity index (χ3n) is 10.9. The minimum absolute atomic E-state index is 0.115. The van der Waals surface area contributed by atoms with Gasteiger partial charge in [0.05, 0.1) is 17.1 Å². The van der Waals surface area contributed by atoms with Crippen LogP contribution in [0.1, 0.15) is 16.7 Å². The number of fused-ring (bicyclic) bond motifs is 7. The van der Waals surface area contributed by atoms with Crippen LogP contribution >= 0.6 is 0 Å². The van der Waals surface area contributed by atoms with E-state index in [2.05, 4.69) is 114 Å². The molecule has 0 spiro atoms. The SMILES string of the molecule is N=C(/N=C(\N=C\c1ccc(N2c3cc4ccccc4cc3-c3cccc4cccc2c34)c2ccccc12)c1ccccc1)c1cccc2oc3ccccc3c12. The first-order valence-electron chi connectivity index (χ1n) is 18.7. The number of hydrogen-bond donors (Lipinski definition) is 1. The van der Waals surface area contributed by atoms with E-state index in [9.17, 15) is 5.41 Å². The van der Waals surface area contributed by atoms with Crippen LogP contribution in [0.15, 0.2) is 196 Å². The van der Waals surface area contributed by atoms with Gasteiger partial charge in [-0.2, -0.15) is 0 Å². The van der Waals surface area contributed by atoms with E-state index in [4.69, 9.17) is 14.4 Å². The first-order valence-corrected chi connectivity index (χ1v) is 18.7. The summed E-state index contributed by atoms with van der Waals surface area (Å²) in [4.78, 5) is 12.3. The molecule has 9 aromatic carbocycles. The second kappa shape index (κ2) is 12.8. The Morgan fingerprint density at radius 1 is 0.500 bits per heavy atom. The molecule has 5 heteroatoms. The molecule has 0 amide bonds. The van der Waals surface area contributed by atoms with E-state index in [0.717, 1.165) is 60.9 Å². The molecule has 2 heterocycles. The molecule has 1 aliphatic heterocycles. The zero-order chi connectivity index (χ0) is 37.2. The van der Waals surface area contributed by atoms with Crippen LogP contribution < -0.4 is 4.90 Å². The highest BCUT2D eigenvalue weighted by atomic mass is 16.3. The fraction of sp³-hybridized carbons (Fsp3) is 0. The van der Waals surface area contributed by atoms with Gasteiger partial charge >= 0.3 is 0 Å². The van der Waals surface area contributed by atoms with E-state index in [-0.39, 0.29) is 5.84 Å². The summed E-state index contributed by atoms with van der Waals surface area (Å²) in [6.45, 7) is 0. The van der Waals surface area contributed by atoms with Gasteiger partial charge in [0.25, 0.3) is 0 Å². The van der Waals surface area contributed by atoms with Gasteiger partial charge in [-0.1, -0.05) is 146 Å². The third kappa shape index (κ3) is 5.06. The summed E-state index contributed by atoms with van der Waals surface area (Å²) >= 11 is 0. The topological polar surface area (TPSA) is 65.0 Å². The van der Waals surface area contributed by atoms with Crippen molar-refractivity contribution in [2.24, 2.45) is 9.98 Å². The maximum absolute atomic E-state index is 9.26. The van der Waals surface area contributed by atoms with Crippen LogP contribution in [0.2, 0.25) is 0 Å². The van der Waals surface area contributed by atoms with Crippen molar-refractivity contribution in [3.05, 3.63) is 199 Å². The summed E-state index contributed by atoms with van der Waals surface area (Å²) in [6, 6.07) is 62.9. The van der Waals surface area contributed by atoms with Crippen molar-refractivity contribution in [3.8, 4) is 11.1 Å². The number of nitrogens with one attached hydrogen (secondary N) is 1. The van der Waals surface area contributed by atoms with Crippen molar-refractivity contribution in [3.63, 3.8) is 0 Å². The van der Waals surface area contributed by atoms with Crippen LogP contribution in [-0.4, -0.2) is 17.9 Å². The monoisotopic (exact) mass is 716 g/mol. The van der Waals surface area contributed by atoms with E-state index in [1.165, 1.54) is 32.7 Å². The number of aliphatic imine (C=N–C) groups is 2. The van der Waals surface area contributed by atoms with Crippen LogP contribution in [0.5, 0.6) is 0 Å². The van der Waals surface area contributed by atoms with Crippen molar-refractivity contribution < 1.29 is 4.42 Å². The van der Waals surface area contributed by atoms with Gasteiger partial charge in [-0.05, 0) is 63.5 Å². The number of benzene rings is 9. The molecular formula is C51H32N4O. The summed E-state index contributed by atoms with van der Waals surface area (Å²) in [5.41, 5.74) is 9.84. The zero-order valence-electron chi connectivity index (χ0n) is 30.1. The number of amidine groups is 2. The average Bonchev–Trinajstić information content (AvgIpc) is 3.64. The second-order valence-corrected chi connectivity index (χ2v) is 14.1. The summed E-state index contributed by atoms with van der Waals surface area (Å²) < 4.78 is 6.13. The highest BCUT2D eigenvalue weighted by Crippen LogP contribution is 2.53. The van der Waals surface area contributed by atoms with Crippen LogP contribution in [0, 0.1) is 5.41 Å². The molecule has 0 atom stereocenters. The number of nitrogens with zero attached hydrogens (tertiary/aromatic N) is 3. The fourth-order valence-corrected chi connectivity index (χ4v) is 8.39. The summed E-state index contributed by atoms with van der Waals surface area (Å²) in [5, 5.41) is 18.2. The van der Waals surface area contributed by atoms with Crippen molar-refractivity contribution in [2.45, 2.75) is 0 Å². The molecule has 1 aromatic heterocycles. The highest BCUT2D eigenvalue weighted by Gasteiger charge is 2.27. The Labute approximate surface area is 322 Å². The molecule has 0 bridgehead atoms. The molecule has 0 radical (unpaired) electrons. The summed E-state index contributed by atoms with van der Waals surface area (Å²) in [5.74, 6) is 0.567. The fourth-order valence-electron chi connectivity index (χ4n) is 8.39. The van der Waals surface area contributed by atoms with Gasteiger partial charge < -0.3 is 9.32 Å². The lowest BCUT2D eigenvalue weighted by molar-refractivity contribution is 0.669. The largest absolute Gasteiger partial charge is 0.456 e. The van der Waals surface area contributed by atoms with Gasteiger partial charge in [-0.15, -0.1) is 0 Å². The second-order valence-electron chi connectivity index (χ2n) is 14.1. The maximum Gasteiger partial charge on any atom is 0.161 e. The van der Waals surface area contributed by atoms with Crippen molar-refractivity contribution in [2.75, 3.05) is 4.90 Å². The van der Waals surface area contributed by atoms with Crippen molar-refractivity contribution in [1.82, 2.24) is 0 Å². The molecule has 0 aliphatic carbocycles. The molecule has 262 valence electrons. The lowest BCUT2D eigenvalue weighted by Crippen LogP contribution is -2.15. The van der Waals surface area contributed by atoms with E-state index in [1.807, 2.05) is 79.0 Å². The molecule has 56 heavy (non-hydrogen) atoms. The molecular weight excluding hydrogens is 685 g/mol. The number of para-hydroxylation sites is 1. The molecule has 1 aliphatic rings. The first-order chi connectivity index (χ1) is 27.7. The predicted molar refractivity (Wildman–Crippen MR) is 234 cm³/mol. The Hall–Kier alpha value is -7.63. The van der Waals surface area contributed by atoms with Gasteiger partial charge in [-0.25, -0.2) is 9.98 Å². The van der Waals surface area contributed by atoms with Gasteiger partial charge in [0, 0.05) is 50.0 Å². The molecule has 0 saturated heterocycles. The Morgan fingerprint density at radius 2 is 1.18 bits per heavy atom. The van der Waals surface area contributed by atoms with Crippen LogP contribution in [0.3, 0.4) is 0 Å². The Bertz CT molecular complexity index is 3280. The van der Waals surface area contributed by atoms with E-state index < -0.39 is 0 Å². The van der Waals surface area contributed by atoms with Gasteiger partial charge in [-0.3, -0.25) is 5.41 Å². The molecule has 11 rings (SSSR count). The molecule has 0 unspecified atom stereocenters. The Kier molecular flexibility index (Phi) is 7.25.